The minimum Gasteiger partial charge on any atom is -0.396 e. The number of rotatable bonds is 8. The van der Waals surface area contributed by atoms with Gasteiger partial charge in [0.15, 0.2) is 5.82 Å². The lowest BCUT2D eigenvalue weighted by atomic mass is 9.94. The summed E-state index contributed by atoms with van der Waals surface area (Å²) < 4.78 is 30.2. The van der Waals surface area contributed by atoms with Crippen LogP contribution in [0.5, 0.6) is 0 Å². The molecule has 9 nitrogen and oxygen atoms in total. The van der Waals surface area contributed by atoms with Crippen molar-refractivity contribution in [2.24, 2.45) is 5.41 Å². The number of nitrogens with one attached hydrogen (secondary N) is 2. The fourth-order valence-electron chi connectivity index (χ4n) is 3.25. The summed E-state index contributed by atoms with van der Waals surface area (Å²) in [5, 5.41) is 12.6. The number of aliphatic hydroxyl groups excluding tert-OH is 1. The zero-order valence-electron chi connectivity index (χ0n) is 18.0. The summed E-state index contributed by atoms with van der Waals surface area (Å²) in [6.45, 7) is 3.59. The van der Waals surface area contributed by atoms with Gasteiger partial charge in [0, 0.05) is 30.8 Å². The number of aromatic amines is 1. The van der Waals surface area contributed by atoms with Crippen LogP contribution in [0.2, 0.25) is 0 Å². The largest absolute Gasteiger partial charge is 0.396 e. The molecule has 1 aliphatic rings. The number of aromatic nitrogens is 4. The van der Waals surface area contributed by atoms with Crippen molar-refractivity contribution in [3.63, 3.8) is 0 Å². The van der Waals surface area contributed by atoms with Crippen molar-refractivity contribution in [3.8, 4) is 22.6 Å². The third-order valence-corrected chi connectivity index (χ3v) is 5.11. The van der Waals surface area contributed by atoms with Crippen LogP contribution in [-0.4, -0.2) is 65.1 Å². The maximum atomic E-state index is 13.5. The number of imidazole rings is 1. The van der Waals surface area contributed by atoms with Crippen LogP contribution in [0.3, 0.4) is 0 Å². The quantitative estimate of drug-likeness (QED) is 0.456. The zero-order valence-corrected chi connectivity index (χ0v) is 18.0. The van der Waals surface area contributed by atoms with Gasteiger partial charge in [0.2, 0.25) is 12.2 Å². The van der Waals surface area contributed by atoms with Crippen molar-refractivity contribution < 1.29 is 23.7 Å². The summed E-state index contributed by atoms with van der Waals surface area (Å²) in [5.41, 5.74) is 2.08. The van der Waals surface area contributed by atoms with E-state index in [4.69, 9.17) is 19.2 Å². The first-order valence-electron chi connectivity index (χ1n) is 10.3. The Morgan fingerprint density at radius 1 is 1.22 bits per heavy atom. The van der Waals surface area contributed by atoms with E-state index in [1.165, 1.54) is 12.1 Å². The Bertz CT molecular complexity index is 1040. The predicted molar refractivity (Wildman–Crippen MR) is 115 cm³/mol. The SMILES string of the molecule is COCCNc1nccc(-c2[nH]c(C3OCC(C)(CO)CO3)nc2-c2ccc(F)cc2)n1. The Kier molecular flexibility index (Phi) is 6.75. The highest BCUT2D eigenvalue weighted by Crippen LogP contribution is 2.35. The number of nitrogens with zero attached hydrogens (tertiary/aromatic N) is 3. The van der Waals surface area contributed by atoms with Gasteiger partial charge in [-0.2, -0.15) is 0 Å². The molecule has 0 atom stereocenters. The van der Waals surface area contributed by atoms with Crippen LogP contribution in [0.25, 0.3) is 22.6 Å². The second kappa shape index (κ2) is 9.70. The molecule has 0 unspecified atom stereocenters. The maximum Gasteiger partial charge on any atom is 0.223 e. The van der Waals surface area contributed by atoms with E-state index in [2.05, 4.69) is 20.3 Å². The first-order valence-corrected chi connectivity index (χ1v) is 10.3. The fourth-order valence-corrected chi connectivity index (χ4v) is 3.25. The average molecular weight is 443 g/mol. The number of hydrogen-bond donors (Lipinski definition) is 3. The fraction of sp³-hybridized carbons (Fsp3) is 0.409. The lowest BCUT2D eigenvalue weighted by Gasteiger charge is -2.35. The summed E-state index contributed by atoms with van der Waals surface area (Å²) in [7, 11) is 1.62. The summed E-state index contributed by atoms with van der Waals surface area (Å²) in [6, 6.07) is 7.83. The second-order valence-corrected chi connectivity index (χ2v) is 7.96. The van der Waals surface area contributed by atoms with Gasteiger partial charge in [0.05, 0.1) is 43.5 Å². The van der Waals surface area contributed by atoms with Gasteiger partial charge < -0.3 is 29.6 Å². The first-order chi connectivity index (χ1) is 15.5. The number of aliphatic hydroxyl groups is 1. The normalized spacial score (nSPS) is 20.9. The van der Waals surface area contributed by atoms with Crippen molar-refractivity contribution in [1.29, 1.82) is 0 Å². The summed E-state index contributed by atoms with van der Waals surface area (Å²) in [5.74, 6) is 0.580. The summed E-state index contributed by atoms with van der Waals surface area (Å²) in [6.07, 6.45) is 0.927. The molecule has 2 aromatic heterocycles. The van der Waals surface area contributed by atoms with Gasteiger partial charge in [-0.25, -0.2) is 19.3 Å². The highest BCUT2D eigenvalue weighted by atomic mass is 19.1. The minimum absolute atomic E-state index is 0.0380. The highest BCUT2D eigenvalue weighted by Gasteiger charge is 2.34. The number of methoxy groups -OCH3 is 1. The van der Waals surface area contributed by atoms with Gasteiger partial charge >= 0.3 is 0 Å². The molecule has 3 heterocycles. The van der Waals surface area contributed by atoms with Crippen molar-refractivity contribution in [2.45, 2.75) is 13.2 Å². The van der Waals surface area contributed by atoms with E-state index in [0.717, 1.165) is 0 Å². The molecular formula is C22H26FN5O4. The van der Waals surface area contributed by atoms with E-state index in [1.54, 1.807) is 31.5 Å². The topological polar surface area (TPSA) is 114 Å². The van der Waals surface area contributed by atoms with Gasteiger partial charge in [-0.1, -0.05) is 6.92 Å². The van der Waals surface area contributed by atoms with Crippen LogP contribution in [0.1, 0.15) is 19.0 Å². The Labute approximate surface area is 185 Å². The van der Waals surface area contributed by atoms with E-state index in [0.29, 0.717) is 60.8 Å². The molecule has 1 fully saturated rings. The molecule has 170 valence electrons. The molecule has 0 radical (unpaired) electrons. The lowest BCUT2D eigenvalue weighted by Crippen LogP contribution is -2.39. The summed E-state index contributed by atoms with van der Waals surface area (Å²) >= 11 is 0. The van der Waals surface area contributed by atoms with Gasteiger partial charge in [-0.15, -0.1) is 0 Å². The van der Waals surface area contributed by atoms with E-state index >= 15 is 0 Å². The standard InChI is InChI=1S/C22H26FN5O4/c1-22(11-29)12-31-20(32-13-22)19-27-17(14-3-5-15(23)6-4-14)18(28-19)16-7-8-24-21(26-16)25-9-10-30-2/h3-8,20,29H,9-13H2,1-2H3,(H,27,28)(H,24,25,26). The van der Waals surface area contributed by atoms with Crippen LogP contribution in [-0.2, 0) is 14.2 Å². The predicted octanol–water partition coefficient (Wildman–Crippen LogP) is 2.78. The minimum atomic E-state index is -0.719. The van der Waals surface area contributed by atoms with Crippen LogP contribution in [0.4, 0.5) is 10.3 Å². The molecule has 0 spiro atoms. The van der Waals surface area contributed by atoms with E-state index in [-0.39, 0.29) is 12.4 Å². The molecule has 3 aromatic rings. The lowest BCUT2D eigenvalue weighted by molar-refractivity contribution is -0.239. The molecule has 0 amide bonds. The first kappa shape index (κ1) is 22.3. The Morgan fingerprint density at radius 3 is 2.66 bits per heavy atom. The van der Waals surface area contributed by atoms with Crippen molar-refractivity contribution in [2.75, 3.05) is 45.4 Å². The van der Waals surface area contributed by atoms with Crippen LogP contribution in [0.15, 0.2) is 36.5 Å². The molecule has 1 saturated heterocycles. The van der Waals surface area contributed by atoms with Crippen LogP contribution in [0, 0.1) is 11.2 Å². The van der Waals surface area contributed by atoms with Gasteiger partial charge in [-0.05, 0) is 30.3 Å². The molecule has 0 aliphatic carbocycles. The molecule has 0 saturated carbocycles. The van der Waals surface area contributed by atoms with E-state index < -0.39 is 11.7 Å². The third-order valence-electron chi connectivity index (χ3n) is 5.11. The Hall–Kier alpha value is -2.92. The van der Waals surface area contributed by atoms with E-state index in [9.17, 15) is 9.50 Å². The molecule has 10 heteroatoms. The van der Waals surface area contributed by atoms with Crippen molar-refractivity contribution >= 4 is 5.95 Å². The van der Waals surface area contributed by atoms with Crippen molar-refractivity contribution in [1.82, 2.24) is 19.9 Å². The van der Waals surface area contributed by atoms with Crippen LogP contribution >= 0.6 is 0 Å². The molecule has 32 heavy (non-hydrogen) atoms. The monoisotopic (exact) mass is 443 g/mol. The van der Waals surface area contributed by atoms with Gasteiger partial charge in [0.1, 0.15) is 5.82 Å². The second-order valence-electron chi connectivity index (χ2n) is 7.96. The molecule has 1 aliphatic heterocycles. The van der Waals surface area contributed by atoms with Crippen LogP contribution < -0.4 is 5.32 Å². The summed E-state index contributed by atoms with van der Waals surface area (Å²) in [4.78, 5) is 16.8. The van der Waals surface area contributed by atoms with E-state index in [1.807, 2.05) is 6.92 Å². The number of H-pyrrole nitrogens is 1. The zero-order chi connectivity index (χ0) is 22.6. The smallest absolute Gasteiger partial charge is 0.223 e. The molecule has 3 N–H and O–H groups in total. The number of halogens is 1. The maximum absolute atomic E-state index is 13.5. The number of hydrogen-bond acceptors (Lipinski definition) is 8. The number of anilines is 1. The average Bonchev–Trinajstić information content (AvgIpc) is 3.26. The van der Waals surface area contributed by atoms with Gasteiger partial charge in [0.25, 0.3) is 0 Å². The highest BCUT2D eigenvalue weighted by molar-refractivity contribution is 5.77. The number of ether oxygens (including phenoxy) is 3. The van der Waals surface area contributed by atoms with Crippen molar-refractivity contribution in [3.05, 3.63) is 48.2 Å². The molecule has 4 rings (SSSR count). The molecular weight excluding hydrogens is 417 g/mol. The Balaban J connectivity index is 1.68. The molecule has 1 aromatic carbocycles. The number of benzene rings is 1. The molecule has 0 bridgehead atoms. The Morgan fingerprint density at radius 2 is 1.97 bits per heavy atom. The third kappa shape index (κ3) is 4.94. The van der Waals surface area contributed by atoms with Gasteiger partial charge in [-0.3, -0.25) is 0 Å².